The molecule has 2 fully saturated rings. The summed E-state index contributed by atoms with van der Waals surface area (Å²) >= 11 is 0. The highest BCUT2D eigenvalue weighted by Crippen LogP contribution is 2.58. The van der Waals surface area contributed by atoms with Gasteiger partial charge in [0, 0.05) is 18.9 Å². The van der Waals surface area contributed by atoms with Crippen molar-refractivity contribution in [3.05, 3.63) is 71.3 Å². The van der Waals surface area contributed by atoms with Crippen LogP contribution < -0.4 is 0 Å². The molecular formula is C27H30N2O5S. The maximum Gasteiger partial charge on any atom is 0.310 e. The number of esters is 1. The van der Waals surface area contributed by atoms with E-state index in [4.69, 9.17) is 9.73 Å². The molecule has 8 heteroatoms. The van der Waals surface area contributed by atoms with Crippen LogP contribution in [0.3, 0.4) is 0 Å². The molecule has 7 nitrogen and oxygen atoms in total. The average molecular weight is 495 g/mol. The molecule has 1 aliphatic carbocycles. The van der Waals surface area contributed by atoms with Gasteiger partial charge in [-0.15, -0.1) is 0 Å². The van der Waals surface area contributed by atoms with E-state index in [1.807, 2.05) is 44.2 Å². The van der Waals surface area contributed by atoms with Crippen LogP contribution in [0.25, 0.3) is 0 Å². The Balaban J connectivity index is 1.74. The molecule has 2 aromatic rings. The minimum absolute atomic E-state index is 0.170. The third-order valence-electron chi connectivity index (χ3n) is 7.93. The number of piperidine rings is 1. The molecule has 0 amide bonds. The number of para-hydroxylation sites is 1. The number of methoxy groups -OCH3 is 1. The molecule has 5 rings (SSSR count). The number of fused-ring (bicyclic) bond motifs is 6. The molecule has 1 saturated carbocycles. The topological polar surface area (TPSA) is 96.3 Å². The normalized spacial score (nSPS) is 28.9. The Labute approximate surface area is 206 Å². The van der Waals surface area contributed by atoms with Crippen molar-refractivity contribution in [2.45, 2.75) is 43.0 Å². The van der Waals surface area contributed by atoms with E-state index >= 15 is 0 Å². The van der Waals surface area contributed by atoms with E-state index in [-0.39, 0.29) is 36.4 Å². The van der Waals surface area contributed by atoms with Crippen molar-refractivity contribution >= 4 is 27.4 Å². The van der Waals surface area contributed by atoms with Gasteiger partial charge in [-0.05, 0) is 56.4 Å². The van der Waals surface area contributed by atoms with E-state index in [2.05, 4.69) is 0 Å². The van der Waals surface area contributed by atoms with Crippen molar-refractivity contribution < 1.29 is 23.1 Å². The number of aliphatic imine (C=N–C) groups is 1. The fourth-order valence-corrected chi connectivity index (χ4v) is 7.95. The minimum Gasteiger partial charge on any atom is -0.469 e. The highest BCUT2D eigenvalue weighted by atomic mass is 32.2. The standard InChI is InChI=1S/C27H30N2O5S/c1-4-18-16-29(35(32,33)19-11-9-17(2)10-12-19)23-15-20(18)24(26(31)34-3)27(13-14-30)21-7-5-6-8-22(21)28-25(23)27/h4-12,20,23-24,30H,13-16H2,1-3H3/b18-4-/t20-,23-,24-,27-/m0/s1. The number of aliphatic hydroxyl groups is 1. The summed E-state index contributed by atoms with van der Waals surface area (Å²) in [5, 5.41) is 10.2. The molecule has 0 aromatic heterocycles. The molecule has 3 aliphatic rings. The largest absolute Gasteiger partial charge is 0.469 e. The highest BCUT2D eigenvalue weighted by molar-refractivity contribution is 7.89. The van der Waals surface area contributed by atoms with E-state index < -0.39 is 27.4 Å². The second kappa shape index (κ2) is 8.69. The Bertz CT molecular complexity index is 1330. The van der Waals surface area contributed by atoms with E-state index in [1.54, 1.807) is 24.3 Å². The van der Waals surface area contributed by atoms with Crippen LogP contribution in [0.2, 0.25) is 0 Å². The second-order valence-corrected chi connectivity index (χ2v) is 11.4. The number of allylic oxidation sites excluding steroid dienone is 1. The third-order valence-corrected chi connectivity index (χ3v) is 9.80. The predicted octanol–water partition coefficient (Wildman–Crippen LogP) is 3.53. The number of nitrogens with zero attached hydrogens (tertiary/aromatic N) is 2. The van der Waals surface area contributed by atoms with Gasteiger partial charge in [0.25, 0.3) is 0 Å². The van der Waals surface area contributed by atoms with E-state index in [0.717, 1.165) is 16.7 Å². The molecule has 0 radical (unpaired) electrons. The first-order chi connectivity index (χ1) is 16.8. The van der Waals surface area contributed by atoms with Gasteiger partial charge < -0.3 is 9.84 Å². The summed E-state index contributed by atoms with van der Waals surface area (Å²) in [5.41, 5.74) is 3.11. The zero-order valence-corrected chi connectivity index (χ0v) is 21.0. The summed E-state index contributed by atoms with van der Waals surface area (Å²) in [6.45, 7) is 3.81. The molecule has 4 atom stereocenters. The number of carbonyl (C=O) groups is 1. The van der Waals surface area contributed by atoms with Crippen molar-refractivity contribution in [2.24, 2.45) is 16.8 Å². The quantitative estimate of drug-likeness (QED) is 0.507. The van der Waals surface area contributed by atoms with Crippen molar-refractivity contribution in [3.63, 3.8) is 0 Å². The fourth-order valence-electron chi connectivity index (χ4n) is 6.36. The van der Waals surface area contributed by atoms with E-state index in [1.165, 1.54) is 11.4 Å². The van der Waals surface area contributed by atoms with Gasteiger partial charge in [-0.1, -0.05) is 47.5 Å². The summed E-state index contributed by atoms with van der Waals surface area (Å²) in [5.74, 6) is -1.19. The SMILES string of the molecule is C/C=C1/CN(S(=O)(=O)c2ccc(C)cc2)[C@H]2C[C@@H]1[C@@H](C(=O)OC)[C@@]1(CCO)C2=Nc2ccccc21. The number of hydrogen-bond acceptors (Lipinski definition) is 6. The van der Waals surface area contributed by atoms with Crippen LogP contribution in [-0.4, -0.2) is 55.8 Å². The van der Waals surface area contributed by atoms with E-state index in [0.29, 0.717) is 17.8 Å². The zero-order chi connectivity index (χ0) is 25.0. The van der Waals surface area contributed by atoms with Crippen LogP contribution in [0.5, 0.6) is 0 Å². The van der Waals surface area contributed by atoms with Gasteiger partial charge in [-0.2, -0.15) is 4.31 Å². The van der Waals surface area contributed by atoms with Crippen LogP contribution in [-0.2, 0) is 25.0 Å². The van der Waals surface area contributed by atoms with Crippen LogP contribution in [0.1, 0.15) is 30.9 Å². The van der Waals surface area contributed by atoms with Crippen molar-refractivity contribution in [3.8, 4) is 0 Å². The van der Waals surface area contributed by atoms with Crippen LogP contribution in [0.15, 0.2) is 70.1 Å². The van der Waals surface area contributed by atoms with Crippen LogP contribution in [0, 0.1) is 18.8 Å². The van der Waals surface area contributed by atoms with Crippen molar-refractivity contribution in [1.82, 2.24) is 4.31 Å². The molecule has 2 aliphatic heterocycles. The Morgan fingerprint density at radius 2 is 1.94 bits per heavy atom. The first-order valence-corrected chi connectivity index (χ1v) is 13.3. The summed E-state index contributed by atoms with van der Waals surface area (Å²) < 4.78 is 34.8. The molecule has 2 aromatic carbocycles. The van der Waals surface area contributed by atoms with Gasteiger partial charge >= 0.3 is 5.97 Å². The van der Waals surface area contributed by atoms with Gasteiger partial charge in [0.15, 0.2) is 0 Å². The lowest BCUT2D eigenvalue weighted by Gasteiger charge is -2.54. The number of sulfonamides is 1. The summed E-state index contributed by atoms with van der Waals surface area (Å²) in [6, 6.07) is 13.9. The Morgan fingerprint density at radius 1 is 1.23 bits per heavy atom. The van der Waals surface area contributed by atoms with Crippen molar-refractivity contribution in [2.75, 3.05) is 20.3 Å². The Morgan fingerprint density at radius 3 is 2.60 bits per heavy atom. The number of hydrogen-bond donors (Lipinski definition) is 1. The number of benzene rings is 2. The number of rotatable bonds is 5. The summed E-state index contributed by atoms with van der Waals surface area (Å²) in [7, 11) is -2.47. The second-order valence-electron chi connectivity index (χ2n) is 9.54. The number of aryl methyl sites for hydroxylation is 1. The lowest BCUT2D eigenvalue weighted by molar-refractivity contribution is -0.150. The smallest absolute Gasteiger partial charge is 0.310 e. The molecule has 0 unspecified atom stereocenters. The number of aliphatic hydroxyl groups excluding tert-OH is 1. The molecule has 0 spiro atoms. The van der Waals surface area contributed by atoms with Gasteiger partial charge in [-0.25, -0.2) is 8.42 Å². The summed E-state index contributed by atoms with van der Waals surface area (Å²) in [6.07, 6.45) is 2.61. The first kappa shape index (κ1) is 23.9. The Kier molecular flexibility index (Phi) is 5.94. The predicted molar refractivity (Wildman–Crippen MR) is 133 cm³/mol. The molecule has 2 bridgehead atoms. The maximum atomic E-state index is 14.0. The summed E-state index contributed by atoms with van der Waals surface area (Å²) in [4.78, 5) is 18.6. The molecular weight excluding hydrogens is 464 g/mol. The average Bonchev–Trinajstić information content (AvgIpc) is 3.19. The van der Waals surface area contributed by atoms with Crippen LogP contribution >= 0.6 is 0 Å². The lowest BCUT2D eigenvalue weighted by Crippen LogP contribution is -2.65. The number of ether oxygens (including phenoxy) is 1. The van der Waals surface area contributed by atoms with Gasteiger partial charge in [-0.3, -0.25) is 9.79 Å². The van der Waals surface area contributed by atoms with Crippen molar-refractivity contribution in [1.29, 1.82) is 0 Å². The molecule has 2 heterocycles. The third kappa shape index (κ3) is 3.42. The minimum atomic E-state index is -3.85. The maximum absolute atomic E-state index is 14.0. The van der Waals surface area contributed by atoms with E-state index in [9.17, 15) is 18.3 Å². The van der Waals surface area contributed by atoms with Gasteiger partial charge in [0.2, 0.25) is 10.0 Å². The lowest BCUT2D eigenvalue weighted by atomic mass is 9.53. The highest BCUT2D eigenvalue weighted by Gasteiger charge is 2.64. The number of carbonyl (C=O) groups excluding carboxylic acids is 1. The molecule has 35 heavy (non-hydrogen) atoms. The van der Waals surface area contributed by atoms with Crippen LogP contribution in [0.4, 0.5) is 5.69 Å². The molecule has 1 saturated heterocycles. The molecule has 1 N–H and O–H groups in total. The first-order valence-electron chi connectivity index (χ1n) is 11.9. The zero-order valence-electron chi connectivity index (χ0n) is 20.1. The monoisotopic (exact) mass is 494 g/mol. The fraction of sp³-hybridized carbons (Fsp3) is 0.407. The molecule has 184 valence electrons. The van der Waals surface area contributed by atoms with Gasteiger partial charge in [0.05, 0.1) is 35.1 Å². The Hall–Kier alpha value is -2.81. The van der Waals surface area contributed by atoms with Gasteiger partial charge in [0.1, 0.15) is 0 Å².